The minimum Gasteiger partial charge on any atom is -0.308 e. The molecular weight excluding hydrogens is 535 g/mol. The van der Waals surface area contributed by atoms with Gasteiger partial charge in [-0.05, 0) is 52.6 Å². The van der Waals surface area contributed by atoms with Gasteiger partial charge >= 0.3 is 0 Å². The fraction of sp³-hybridized carbons (Fsp3) is 0. The summed E-state index contributed by atoms with van der Waals surface area (Å²) in [7, 11) is 0. The normalized spacial score (nSPS) is 11.9. The molecule has 192 valence electrons. The lowest BCUT2D eigenvalue weighted by molar-refractivity contribution is 1.19. The van der Waals surface area contributed by atoms with Gasteiger partial charge in [0.05, 0.1) is 15.7 Å². The number of nitrogens with zero attached hydrogens (tertiary/aromatic N) is 1. The van der Waals surface area contributed by atoms with E-state index in [1.54, 1.807) is 0 Å². The maximum atomic E-state index is 2.46. The highest BCUT2D eigenvalue weighted by atomic mass is 32.1. The third kappa shape index (κ3) is 3.34. The molecule has 0 N–H and O–H groups in total. The summed E-state index contributed by atoms with van der Waals surface area (Å²) in [6.07, 6.45) is 0. The van der Waals surface area contributed by atoms with Crippen molar-refractivity contribution in [3.05, 3.63) is 140 Å². The second-order valence-corrected chi connectivity index (χ2v) is 12.6. The van der Waals surface area contributed by atoms with Crippen LogP contribution in [0.2, 0.25) is 0 Å². The van der Waals surface area contributed by atoms with E-state index in [0.717, 1.165) is 0 Å². The third-order valence-corrected chi connectivity index (χ3v) is 10.6. The molecule has 0 aliphatic heterocycles. The number of aromatic nitrogens is 1. The first-order valence-corrected chi connectivity index (χ1v) is 15.5. The largest absolute Gasteiger partial charge is 0.308 e. The van der Waals surface area contributed by atoms with Crippen molar-refractivity contribution < 1.29 is 0 Å². The molecule has 0 amide bonds. The molecule has 41 heavy (non-hydrogen) atoms. The van der Waals surface area contributed by atoms with E-state index in [9.17, 15) is 0 Å². The standard InChI is InChI=1S/C38H23NS2/c1-3-12-24(13-4-1)26-17-9-20-30-34-27(18-10-22-32(34)40-37(26)30)28-19-11-23-33-35(28)36-38(41-33)29-16-7-8-21-31(29)39(36)25-14-5-2-6-15-25/h1-23H. The van der Waals surface area contributed by atoms with Gasteiger partial charge in [-0.15, -0.1) is 22.7 Å². The quantitative estimate of drug-likeness (QED) is 0.204. The first kappa shape index (κ1) is 23.0. The maximum Gasteiger partial charge on any atom is 0.0734 e. The fourth-order valence-corrected chi connectivity index (χ4v) is 9.01. The topological polar surface area (TPSA) is 4.93 Å². The summed E-state index contributed by atoms with van der Waals surface area (Å²) < 4.78 is 7.81. The number of thiophene rings is 2. The van der Waals surface area contributed by atoms with Gasteiger partial charge in [-0.2, -0.15) is 0 Å². The van der Waals surface area contributed by atoms with E-state index < -0.39 is 0 Å². The monoisotopic (exact) mass is 557 g/mol. The second kappa shape index (κ2) is 8.90. The molecule has 0 fully saturated rings. The molecule has 6 aromatic carbocycles. The van der Waals surface area contributed by atoms with Crippen LogP contribution in [0.15, 0.2) is 140 Å². The van der Waals surface area contributed by atoms with Crippen LogP contribution in [0.25, 0.3) is 79.3 Å². The van der Waals surface area contributed by atoms with Gasteiger partial charge in [0.2, 0.25) is 0 Å². The van der Waals surface area contributed by atoms with E-state index in [0.29, 0.717) is 0 Å². The van der Waals surface area contributed by atoms with Gasteiger partial charge in [-0.1, -0.05) is 109 Å². The van der Waals surface area contributed by atoms with E-state index in [4.69, 9.17) is 0 Å². The zero-order valence-corrected chi connectivity index (χ0v) is 23.7. The molecular formula is C38H23NS2. The van der Waals surface area contributed by atoms with Crippen molar-refractivity contribution in [1.29, 1.82) is 0 Å². The first-order chi connectivity index (χ1) is 20.4. The Kier molecular flexibility index (Phi) is 5.00. The smallest absolute Gasteiger partial charge is 0.0734 e. The van der Waals surface area contributed by atoms with Crippen LogP contribution in [0, 0.1) is 0 Å². The highest BCUT2D eigenvalue weighted by molar-refractivity contribution is 7.27. The minimum absolute atomic E-state index is 1.19. The van der Waals surface area contributed by atoms with Crippen molar-refractivity contribution in [3.63, 3.8) is 0 Å². The molecule has 0 saturated carbocycles. The summed E-state index contributed by atoms with van der Waals surface area (Å²) in [6, 6.07) is 50.8. The molecule has 0 spiro atoms. The van der Waals surface area contributed by atoms with Crippen LogP contribution in [0.5, 0.6) is 0 Å². The van der Waals surface area contributed by atoms with Crippen molar-refractivity contribution >= 4 is 74.1 Å². The van der Waals surface area contributed by atoms with Gasteiger partial charge in [0.15, 0.2) is 0 Å². The Morgan fingerprint density at radius 1 is 0.415 bits per heavy atom. The lowest BCUT2D eigenvalue weighted by Gasteiger charge is -2.11. The molecule has 0 radical (unpaired) electrons. The number of rotatable bonds is 3. The Morgan fingerprint density at radius 2 is 1.00 bits per heavy atom. The van der Waals surface area contributed by atoms with Crippen LogP contribution >= 0.6 is 22.7 Å². The highest BCUT2D eigenvalue weighted by Crippen LogP contribution is 2.49. The van der Waals surface area contributed by atoms with Crippen molar-refractivity contribution in [2.24, 2.45) is 0 Å². The summed E-state index contributed by atoms with van der Waals surface area (Å²) in [4.78, 5) is 0. The van der Waals surface area contributed by atoms with E-state index in [-0.39, 0.29) is 0 Å². The number of fused-ring (bicyclic) bond motifs is 8. The SMILES string of the molecule is c1ccc(-c2cccc3c2sc2cccc(-c4cccc5sc6c7ccccc7n(-c7ccccc7)c6c45)c23)cc1. The van der Waals surface area contributed by atoms with E-state index in [1.165, 1.54) is 79.3 Å². The summed E-state index contributed by atoms with van der Waals surface area (Å²) >= 11 is 3.81. The van der Waals surface area contributed by atoms with Gasteiger partial charge in [0.25, 0.3) is 0 Å². The van der Waals surface area contributed by atoms with Gasteiger partial charge in [-0.25, -0.2) is 0 Å². The molecule has 0 unspecified atom stereocenters. The zero-order valence-electron chi connectivity index (χ0n) is 22.0. The summed E-state index contributed by atoms with van der Waals surface area (Å²) in [6.45, 7) is 0. The van der Waals surface area contributed by atoms with Crippen molar-refractivity contribution in [3.8, 4) is 27.9 Å². The van der Waals surface area contributed by atoms with E-state index >= 15 is 0 Å². The Bertz CT molecular complexity index is 2410. The number of benzene rings is 6. The van der Waals surface area contributed by atoms with E-state index in [2.05, 4.69) is 144 Å². The predicted molar refractivity (Wildman–Crippen MR) is 180 cm³/mol. The molecule has 0 aliphatic rings. The Balaban J connectivity index is 1.41. The van der Waals surface area contributed by atoms with Crippen LogP contribution in [-0.2, 0) is 0 Å². The number of para-hydroxylation sites is 2. The summed E-state index contributed by atoms with van der Waals surface area (Å²) in [5, 5.41) is 5.32. The average Bonchev–Trinajstić information content (AvgIpc) is 3.70. The van der Waals surface area contributed by atoms with Crippen molar-refractivity contribution in [2.45, 2.75) is 0 Å². The summed E-state index contributed by atoms with van der Waals surface area (Å²) in [5.41, 5.74) is 8.91. The molecule has 0 saturated heterocycles. The fourth-order valence-electron chi connectivity index (χ4n) is 6.50. The van der Waals surface area contributed by atoms with Gasteiger partial charge in [0, 0.05) is 41.3 Å². The van der Waals surface area contributed by atoms with Crippen LogP contribution < -0.4 is 0 Å². The molecule has 3 heterocycles. The molecule has 3 aromatic heterocycles. The third-order valence-electron chi connectivity index (χ3n) is 8.22. The molecule has 0 atom stereocenters. The molecule has 1 nitrogen and oxygen atoms in total. The summed E-state index contributed by atoms with van der Waals surface area (Å²) in [5.74, 6) is 0. The average molecular weight is 558 g/mol. The minimum atomic E-state index is 1.19. The number of hydrogen-bond donors (Lipinski definition) is 0. The second-order valence-electron chi connectivity index (χ2n) is 10.5. The molecule has 3 heteroatoms. The highest BCUT2D eigenvalue weighted by Gasteiger charge is 2.22. The molecule has 9 rings (SSSR count). The Hall–Kier alpha value is -4.70. The van der Waals surface area contributed by atoms with Crippen LogP contribution in [0.1, 0.15) is 0 Å². The molecule has 0 bridgehead atoms. The van der Waals surface area contributed by atoms with Crippen molar-refractivity contribution in [2.75, 3.05) is 0 Å². The first-order valence-electron chi connectivity index (χ1n) is 13.9. The Morgan fingerprint density at radius 3 is 1.80 bits per heavy atom. The molecule has 0 aliphatic carbocycles. The van der Waals surface area contributed by atoms with E-state index in [1.807, 2.05) is 22.7 Å². The zero-order chi connectivity index (χ0) is 26.9. The van der Waals surface area contributed by atoms with Gasteiger partial charge < -0.3 is 4.57 Å². The van der Waals surface area contributed by atoms with Crippen LogP contribution in [-0.4, -0.2) is 4.57 Å². The predicted octanol–water partition coefficient (Wildman–Crippen LogP) is 11.7. The van der Waals surface area contributed by atoms with Gasteiger partial charge in [0.1, 0.15) is 0 Å². The van der Waals surface area contributed by atoms with Crippen molar-refractivity contribution in [1.82, 2.24) is 4.57 Å². The van der Waals surface area contributed by atoms with Gasteiger partial charge in [-0.3, -0.25) is 0 Å². The molecule has 9 aromatic rings. The lowest BCUT2D eigenvalue weighted by Crippen LogP contribution is -1.93. The maximum absolute atomic E-state index is 2.46. The lowest BCUT2D eigenvalue weighted by atomic mass is 9.95. The van der Waals surface area contributed by atoms with Crippen LogP contribution in [0.3, 0.4) is 0 Å². The Labute approximate surface area is 245 Å². The number of hydrogen-bond acceptors (Lipinski definition) is 2. The van der Waals surface area contributed by atoms with Crippen LogP contribution in [0.4, 0.5) is 0 Å².